The summed E-state index contributed by atoms with van der Waals surface area (Å²) in [4.78, 5) is 9.23. The van der Waals surface area contributed by atoms with E-state index in [1.165, 1.54) is 0 Å². The first-order valence-electron chi connectivity index (χ1n) is 6.59. The van der Waals surface area contributed by atoms with E-state index in [0.29, 0.717) is 6.04 Å². The Hall–Kier alpha value is -1.68. The number of hydrogen-bond donors (Lipinski definition) is 2. The van der Waals surface area contributed by atoms with Gasteiger partial charge in [-0.2, -0.15) is 0 Å². The fourth-order valence-electron chi connectivity index (χ4n) is 2.44. The molecule has 0 spiro atoms. The van der Waals surface area contributed by atoms with Gasteiger partial charge >= 0.3 is 0 Å². The lowest BCUT2D eigenvalue weighted by molar-refractivity contribution is 0.779. The first kappa shape index (κ1) is 11.4. The van der Waals surface area contributed by atoms with Crippen LogP contribution >= 0.6 is 0 Å². The molecule has 1 aromatic heterocycles. The molecule has 2 heterocycles. The van der Waals surface area contributed by atoms with Crippen LogP contribution in [0.4, 0.5) is 5.95 Å². The molecule has 0 saturated carbocycles. The monoisotopic (exact) mass is 242 g/mol. The van der Waals surface area contributed by atoms with Crippen LogP contribution in [-0.4, -0.2) is 29.1 Å². The molecule has 1 fully saturated rings. The van der Waals surface area contributed by atoms with Gasteiger partial charge in [0.25, 0.3) is 0 Å². The number of aryl methyl sites for hydroxylation is 1. The third-order valence-electron chi connectivity index (χ3n) is 3.41. The summed E-state index contributed by atoms with van der Waals surface area (Å²) in [5.41, 5.74) is 2.15. The molecule has 18 heavy (non-hydrogen) atoms. The van der Waals surface area contributed by atoms with Crippen molar-refractivity contribution >= 4 is 16.9 Å². The third-order valence-corrected chi connectivity index (χ3v) is 3.41. The lowest BCUT2D eigenvalue weighted by Crippen LogP contribution is -2.23. The molecule has 2 N–H and O–H groups in total. The predicted octanol–water partition coefficient (Wildman–Crippen LogP) is 1.97. The summed E-state index contributed by atoms with van der Waals surface area (Å²) in [6, 6.07) is 8.66. The first-order valence-corrected chi connectivity index (χ1v) is 6.59. The Bertz CT molecular complexity index is 546. The lowest BCUT2D eigenvalue weighted by atomic mass is 10.1. The zero-order chi connectivity index (χ0) is 12.4. The Morgan fingerprint density at radius 3 is 3.00 bits per heavy atom. The van der Waals surface area contributed by atoms with E-state index in [4.69, 9.17) is 0 Å². The quantitative estimate of drug-likeness (QED) is 0.864. The van der Waals surface area contributed by atoms with Crippen molar-refractivity contribution in [3.05, 3.63) is 30.0 Å². The highest BCUT2D eigenvalue weighted by Crippen LogP contribution is 2.18. The molecule has 1 aromatic carbocycles. The number of nitrogens with zero attached hydrogens (tertiary/aromatic N) is 2. The van der Waals surface area contributed by atoms with Gasteiger partial charge < -0.3 is 10.6 Å². The van der Waals surface area contributed by atoms with Crippen molar-refractivity contribution in [3.8, 4) is 0 Å². The topological polar surface area (TPSA) is 49.8 Å². The van der Waals surface area contributed by atoms with Crippen molar-refractivity contribution in [3.63, 3.8) is 0 Å². The number of fused-ring (bicyclic) bond motifs is 1. The van der Waals surface area contributed by atoms with E-state index in [1.807, 2.05) is 18.2 Å². The maximum Gasteiger partial charge on any atom is 0.223 e. The Balaban J connectivity index is 1.96. The zero-order valence-electron chi connectivity index (χ0n) is 10.6. The molecule has 1 atom stereocenters. The number of aromatic nitrogens is 2. The number of benzene rings is 1. The lowest BCUT2D eigenvalue weighted by Gasteiger charge is -2.13. The number of nitrogens with one attached hydrogen (secondary N) is 2. The van der Waals surface area contributed by atoms with Crippen LogP contribution in [0.5, 0.6) is 0 Å². The molecule has 1 unspecified atom stereocenters. The second kappa shape index (κ2) is 4.90. The molecule has 0 amide bonds. The second-order valence-corrected chi connectivity index (χ2v) is 4.70. The van der Waals surface area contributed by atoms with E-state index in [0.717, 1.165) is 48.5 Å². The van der Waals surface area contributed by atoms with Crippen molar-refractivity contribution in [1.29, 1.82) is 0 Å². The summed E-state index contributed by atoms with van der Waals surface area (Å²) >= 11 is 0. The minimum atomic E-state index is 0.455. The smallest absolute Gasteiger partial charge is 0.223 e. The van der Waals surface area contributed by atoms with Crippen molar-refractivity contribution in [2.75, 3.05) is 18.4 Å². The van der Waals surface area contributed by atoms with Gasteiger partial charge in [-0.15, -0.1) is 0 Å². The Morgan fingerprint density at radius 2 is 2.22 bits per heavy atom. The predicted molar refractivity (Wildman–Crippen MR) is 73.8 cm³/mol. The maximum atomic E-state index is 4.63. The maximum absolute atomic E-state index is 4.63. The van der Waals surface area contributed by atoms with Gasteiger partial charge in [-0.3, -0.25) is 0 Å². The highest BCUT2D eigenvalue weighted by atomic mass is 15.1. The molecule has 4 heteroatoms. The average molecular weight is 242 g/mol. The summed E-state index contributed by atoms with van der Waals surface area (Å²) < 4.78 is 0. The highest BCUT2D eigenvalue weighted by molar-refractivity contribution is 5.81. The molecule has 4 nitrogen and oxygen atoms in total. The molecule has 2 aromatic rings. The fourth-order valence-corrected chi connectivity index (χ4v) is 2.44. The Labute approximate surface area is 107 Å². The van der Waals surface area contributed by atoms with Crippen LogP contribution in [-0.2, 0) is 6.42 Å². The van der Waals surface area contributed by atoms with Crippen LogP contribution in [0.25, 0.3) is 10.9 Å². The number of hydrogen-bond acceptors (Lipinski definition) is 4. The van der Waals surface area contributed by atoms with Crippen molar-refractivity contribution in [1.82, 2.24) is 15.3 Å². The van der Waals surface area contributed by atoms with Gasteiger partial charge in [0, 0.05) is 18.0 Å². The number of rotatable bonds is 3. The van der Waals surface area contributed by atoms with E-state index >= 15 is 0 Å². The van der Waals surface area contributed by atoms with Crippen LogP contribution in [0.2, 0.25) is 0 Å². The first-order chi connectivity index (χ1) is 8.86. The molecule has 1 saturated heterocycles. The number of para-hydroxylation sites is 1. The molecule has 0 radical (unpaired) electrons. The minimum Gasteiger partial charge on any atom is -0.350 e. The fraction of sp³-hybridized carbons (Fsp3) is 0.429. The van der Waals surface area contributed by atoms with Gasteiger partial charge in [0.05, 0.1) is 11.2 Å². The zero-order valence-corrected chi connectivity index (χ0v) is 10.6. The van der Waals surface area contributed by atoms with E-state index in [-0.39, 0.29) is 0 Å². The minimum absolute atomic E-state index is 0.455. The van der Waals surface area contributed by atoms with Gasteiger partial charge in [-0.05, 0) is 25.5 Å². The molecule has 1 aliphatic heterocycles. The Kier molecular flexibility index (Phi) is 3.11. The third kappa shape index (κ3) is 2.16. The van der Waals surface area contributed by atoms with Gasteiger partial charge in [0.2, 0.25) is 5.95 Å². The van der Waals surface area contributed by atoms with Crippen LogP contribution in [0.1, 0.15) is 19.0 Å². The van der Waals surface area contributed by atoms with E-state index in [9.17, 15) is 0 Å². The molecule has 0 bridgehead atoms. The molecule has 1 aliphatic rings. The van der Waals surface area contributed by atoms with Crippen LogP contribution in [0.3, 0.4) is 0 Å². The summed E-state index contributed by atoms with van der Waals surface area (Å²) in [5, 5.41) is 7.93. The molecule has 94 valence electrons. The standard InChI is InChI=1S/C14H18N4/c1-2-12-11-5-3-4-6-13(11)18-14(17-12)16-10-7-8-15-9-10/h3-6,10,15H,2,7-9H2,1H3,(H,16,17,18). The van der Waals surface area contributed by atoms with Crippen molar-refractivity contribution < 1.29 is 0 Å². The second-order valence-electron chi connectivity index (χ2n) is 4.70. The highest BCUT2D eigenvalue weighted by Gasteiger charge is 2.15. The van der Waals surface area contributed by atoms with Gasteiger partial charge in [-0.25, -0.2) is 9.97 Å². The van der Waals surface area contributed by atoms with E-state index in [1.54, 1.807) is 0 Å². The summed E-state index contributed by atoms with van der Waals surface area (Å²) in [6.07, 6.45) is 2.07. The van der Waals surface area contributed by atoms with Gasteiger partial charge in [-0.1, -0.05) is 25.1 Å². The molecular formula is C14H18N4. The summed E-state index contributed by atoms with van der Waals surface area (Å²) in [5.74, 6) is 0.763. The van der Waals surface area contributed by atoms with Crippen LogP contribution < -0.4 is 10.6 Å². The molecule has 3 rings (SSSR count). The van der Waals surface area contributed by atoms with Crippen LogP contribution in [0.15, 0.2) is 24.3 Å². The van der Waals surface area contributed by atoms with E-state index in [2.05, 4.69) is 33.6 Å². The average Bonchev–Trinajstić information content (AvgIpc) is 2.90. The normalized spacial score (nSPS) is 19.3. The van der Waals surface area contributed by atoms with Crippen molar-refractivity contribution in [2.45, 2.75) is 25.8 Å². The summed E-state index contributed by atoms with van der Waals surface area (Å²) in [7, 11) is 0. The number of anilines is 1. The SMILES string of the molecule is CCc1nc(NC2CCNC2)nc2ccccc12. The largest absolute Gasteiger partial charge is 0.350 e. The Morgan fingerprint density at radius 1 is 1.33 bits per heavy atom. The summed E-state index contributed by atoms with van der Waals surface area (Å²) in [6.45, 7) is 4.21. The van der Waals surface area contributed by atoms with Crippen molar-refractivity contribution in [2.24, 2.45) is 0 Å². The van der Waals surface area contributed by atoms with Gasteiger partial charge in [0.15, 0.2) is 0 Å². The van der Waals surface area contributed by atoms with Gasteiger partial charge in [0.1, 0.15) is 0 Å². The van der Waals surface area contributed by atoms with E-state index < -0.39 is 0 Å². The molecule has 0 aliphatic carbocycles. The van der Waals surface area contributed by atoms with Crippen LogP contribution in [0, 0.1) is 0 Å². The molecular weight excluding hydrogens is 224 g/mol.